The summed E-state index contributed by atoms with van der Waals surface area (Å²) < 4.78 is 17.7. The van der Waals surface area contributed by atoms with Crippen LogP contribution in [0, 0.1) is 0 Å². The SMILES string of the molecule is CCCC(CC(=O)CCc1ccc(O[Si](C)(C)C)c(OC)c1)O[Si](C)(C)C. The van der Waals surface area contributed by atoms with Gasteiger partial charge in [-0.15, -0.1) is 0 Å². The minimum absolute atomic E-state index is 0.0659. The summed E-state index contributed by atoms with van der Waals surface area (Å²) in [5, 5.41) is 0. The molecule has 0 aromatic heterocycles. The topological polar surface area (TPSA) is 44.8 Å². The van der Waals surface area contributed by atoms with Crippen molar-refractivity contribution in [2.75, 3.05) is 7.11 Å². The smallest absolute Gasteiger partial charge is 0.242 e. The molecular weight excluding hydrogens is 372 g/mol. The minimum atomic E-state index is -1.69. The molecule has 1 rings (SSSR count). The summed E-state index contributed by atoms with van der Waals surface area (Å²) in [6.45, 7) is 15.1. The van der Waals surface area contributed by atoms with E-state index in [1.165, 1.54) is 0 Å². The second-order valence-corrected chi connectivity index (χ2v) is 18.0. The average molecular weight is 411 g/mol. The van der Waals surface area contributed by atoms with Crippen molar-refractivity contribution >= 4 is 22.4 Å². The predicted octanol–water partition coefficient (Wildman–Crippen LogP) is 5.82. The molecule has 1 aromatic rings. The Morgan fingerprint density at radius 2 is 1.70 bits per heavy atom. The molecular formula is C21H38O4Si2. The van der Waals surface area contributed by atoms with E-state index in [1.54, 1.807) is 7.11 Å². The lowest BCUT2D eigenvalue weighted by Gasteiger charge is -2.25. The molecule has 27 heavy (non-hydrogen) atoms. The zero-order valence-electron chi connectivity index (χ0n) is 18.5. The first-order chi connectivity index (χ1) is 12.4. The first-order valence-corrected chi connectivity index (χ1v) is 16.8. The van der Waals surface area contributed by atoms with E-state index in [2.05, 4.69) is 46.2 Å². The van der Waals surface area contributed by atoms with Gasteiger partial charge in [0.15, 0.2) is 14.1 Å². The Kier molecular flexibility index (Phi) is 9.24. The van der Waals surface area contributed by atoms with Crippen molar-refractivity contribution in [3.05, 3.63) is 23.8 Å². The molecule has 0 fully saturated rings. The van der Waals surface area contributed by atoms with Crippen molar-refractivity contribution in [2.24, 2.45) is 0 Å². The number of aryl methyl sites for hydroxylation is 1. The van der Waals surface area contributed by atoms with E-state index in [9.17, 15) is 4.79 Å². The Labute approximate surface area is 167 Å². The van der Waals surface area contributed by atoms with E-state index in [0.717, 1.165) is 29.9 Å². The van der Waals surface area contributed by atoms with Crippen LogP contribution in [-0.2, 0) is 15.6 Å². The van der Waals surface area contributed by atoms with Crippen molar-refractivity contribution in [2.45, 2.75) is 84.4 Å². The number of carbonyl (C=O) groups excluding carboxylic acids is 1. The van der Waals surface area contributed by atoms with Crippen LogP contribution in [0.1, 0.15) is 38.2 Å². The minimum Gasteiger partial charge on any atom is -0.542 e. The van der Waals surface area contributed by atoms with E-state index >= 15 is 0 Å². The molecule has 154 valence electrons. The lowest BCUT2D eigenvalue weighted by molar-refractivity contribution is -0.120. The highest BCUT2D eigenvalue weighted by atomic mass is 28.4. The molecule has 1 aromatic carbocycles. The van der Waals surface area contributed by atoms with Crippen molar-refractivity contribution in [1.29, 1.82) is 0 Å². The predicted molar refractivity (Wildman–Crippen MR) is 118 cm³/mol. The number of hydrogen-bond acceptors (Lipinski definition) is 4. The molecule has 0 aliphatic heterocycles. The quantitative estimate of drug-likeness (QED) is 0.407. The normalized spacial score (nSPS) is 13.3. The van der Waals surface area contributed by atoms with E-state index in [0.29, 0.717) is 19.3 Å². The highest BCUT2D eigenvalue weighted by molar-refractivity contribution is 6.70. The van der Waals surface area contributed by atoms with Gasteiger partial charge in [0.2, 0.25) is 8.32 Å². The van der Waals surface area contributed by atoms with Gasteiger partial charge in [-0.3, -0.25) is 4.79 Å². The van der Waals surface area contributed by atoms with Crippen molar-refractivity contribution in [3.8, 4) is 11.5 Å². The first kappa shape index (κ1) is 23.9. The van der Waals surface area contributed by atoms with E-state index in [-0.39, 0.29) is 11.9 Å². The maximum atomic E-state index is 12.5. The third-order valence-electron chi connectivity index (χ3n) is 3.92. The summed E-state index contributed by atoms with van der Waals surface area (Å²) in [7, 11) is -1.66. The molecule has 4 nitrogen and oxygen atoms in total. The van der Waals surface area contributed by atoms with Crippen LogP contribution < -0.4 is 9.16 Å². The fourth-order valence-electron chi connectivity index (χ4n) is 2.95. The second-order valence-electron chi connectivity index (χ2n) is 9.08. The number of Topliss-reactive ketones (excluding diaryl/α,β-unsaturated/α-hetero) is 1. The Hall–Kier alpha value is -1.12. The number of carbonyl (C=O) groups is 1. The average Bonchev–Trinajstić information content (AvgIpc) is 2.51. The molecule has 6 heteroatoms. The number of ether oxygens (including phenoxy) is 1. The zero-order valence-corrected chi connectivity index (χ0v) is 20.5. The molecule has 1 unspecified atom stereocenters. The molecule has 0 spiro atoms. The number of rotatable bonds is 12. The van der Waals surface area contributed by atoms with Gasteiger partial charge in [-0.1, -0.05) is 19.4 Å². The standard InChI is InChI=1S/C21H38O4Si2/c1-9-10-19(24-26(3,4)5)16-18(22)13-11-17-12-14-20(21(15-17)23-2)25-27(6,7)8/h12,14-15,19H,9-11,13,16H2,1-8H3. The lowest BCUT2D eigenvalue weighted by Crippen LogP contribution is -2.33. The highest BCUT2D eigenvalue weighted by Gasteiger charge is 2.23. The zero-order chi connectivity index (χ0) is 20.7. The Morgan fingerprint density at radius 3 is 2.22 bits per heavy atom. The fourth-order valence-corrected chi connectivity index (χ4v) is 4.98. The second kappa shape index (κ2) is 10.4. The maximum absolute atomic E-state index is 12.5. The van der Waals surface area contributed by atoms with Gasteiger partial charge in [0.1, 0.15) is 11.5 Å². The molecule has 0 N–H and O–H groups in total. The van der Waals surface area contributed by atoms with Gasteiger partial charge in [0.05, 0.1) is 13.2 Å². The van der Waals surface area contributed by atoms with Crippen molar-refractivity contribution in [3.63, 3.8) is 0 Å². The Morgan fingerprint density at radius 1 is 1.04 bits per heavy atom. The molecule has 0 aliphatic rings. The van der Waals surface area contributed by atoms with Crippen molar-refractivity contribution < 1.29 is 18.4 Å². The van der Waals surface area contributed by atoms with E-state index < -0.39 is 16.6 Å². The number of hydrogen-bond donors (Lipinski definition) is 0. The summed E-state index contributed by atoms with van der Waals surface area (Å²) in [5.74, 6) is 1.81. The summed E-state index contributed by atoms with van der Waals surface area (Å²) in [5.41, 5.74) is 1.10. The number of benzene rings is 1. The van der Waals surface area contributed by atoms with Gasteiger partial charge in [-0.05, 0) is 69.8 Å². The lowest BCUT2D eigenvalue weighted by atomic mass is 10.0. The molecule has 0 amide bonds. The molecule has 1 atom stereocenters. The monoisotopic (exact) mass is 410 g/mol. The molecule has 0 saturated heterocycles. The molecule has 0 bridgehead atoms. The van der Waals surface area contributed by atoms with Gasteiger partial charge in [0, 0.05) is 12.8 Å². The van der Waals surface area contributed by atoms with Gasteiger partial charge >= 0.3 is 0 Å². The third kappa shape index (κ3) is 10.1. The largest absolute Gasteiger partial charge is 0.542 e. The first-order valence-electron chi connectivity index (χ1n) is 9.99. The molecule has 0 saturated carbocycles. The maximum Gasteiger partial charge on any atom is 0.242 e. The van der Waals surface area contributed by atoms with Crippen molar-refractivity contribution in [1.82, 2.24) is 0 Å². The van der Waals surface area contributed by atoms with Gasteiger partial charge < -0.3 is 13.6 Å². The summed E-state index contributed by atoms with van der Waals surface area (Å²) in [4.78, 5) is 12.5. The van der Waals surface area contributed by atoms with Gasteiger partial charge in [-0.25, -0.2) is 0 Å². The Bertz CT molecular complexity index is 603. The fraction of sp³-hybridized carbons (Fsp3) is 0.667. The number of methoxy groups -OCH3 is 1. The van der Waals surface area contributed by atoms with Crippen LogP contribution in [0.5, 0.6) is 11.5 Å². The van der Waals surface area contributed by atoms with Crippen LogP contribution in [0.25, 0.3) is 0 Å². The van der Waals surface area contributed by atoms with E-state index in [4.69, 9.17) is 13.6 Å². The van der Waals surface area contributed by atoms with Crippen LogP contribution in [0.4, 0.5) is 0 Å². The molecule has 0 aliphatic carbocycles. The highest BCUT2D eigenvalue weighted by Crippen LogP contribution is 2.30. The molecule has 0 radical (unpaired) electrons. The summed E-state index contributed by atoms with van der Waals surface area (Å²) in [6, 6.07) is 5.99. The van der Waals surface area contributed by atoms with E-state index in [1.807, 2.05) is 18.2 Å². The van der Waals surface area contributed by atoms with Crippen LogP contribution >= 0.6 is 0 Å². The Balaban J connectivity index is 2.67. The summed E-state index contributed by atoms with van der Waals surface area (Å²) in [6.07, 6.45) is 3.83. The van der Waals surface area contributed by atoms with Crippen LogP contribution in [0.3, 0.4) is 0 Å². The summed E-state index contributed by atoms with van der Waals surface area (Å²) >= 11 is 0. The number of ketones is 1. The van der Waals surface area contributed by atoms with Crippen LogP contribution in [0.2, 0.25) is 39.3 Å². The van der Waals surface area contributed by atoms with Gasteiger partial charge in [-0.2, -0.15) is 0 Å². The van der Waals surface area contributed by atoms with Gasteiger partial charge in [0.25, 0.3) is 0 Å². The van der Waals surface area contributed by atoms with Crippen LogP contribution in [0.15, 0.2) is 18.2 Å². The molecule has 0 heterocycles. The van der Waals surface area contributed by atoms with Crippen LogP contribution in [-0.4, -0.2) is 35.6 Å². The third-order valence-corrected chi connectivity index (χ3v) is 5.80.